The monoisotopic (exact) mass is 429 g/mol. The van der Waals surface area contributed by atoms with Crippen LogP contribution in [0.1, 0.15) is 37.2 Å². The third-order valence-corrected chi connectivity index (χ3v) is 5.80. The number of ether oxygens (including phenoxy) is 1. The number of carboxylic acids is 1. The Morgan fingerprint density at radius 2 is 2.13 bits per heavy atom. The first kappa shape index (κ1) is 20.5. The van der Waals surface area contributed by atoms with Crippen LogP contribution in [0.2, 0.25) is 0 Å². The molecule has 0 spiro atoms. The maximum Gasteiger partial charge on any atom is 0.341 e. The van der Waals surface area contributed by atoms with Crippen LogP contribution in [0.15, 0.2) is 35.3 Å². The van der Waals surface area contributed by atoms with E-state index in [4.69, 9.17) is 9.84 Å². The number of fused-ring (bicyclic) bond motifs is 5. The zero-order valence-electron chi connectivity index (χ0n) is 17.2. The van der Waals surface area contributed by atoms with Gasteiger partial charge in [-0.25, -0.2) is 4.79 Å². The van der Waals surface area contributed by atoms with Crippen molar-refractivity contribution in [2.75, 3.05) is 12.2 Å². The van der Waals surface area contributed by atoms with E-state index in [0.29, 0.717) is 23.5 Å². The summed E-state index contributed by atoms with van der Waals surface area (Å²) in [4.78, 5) is 24.1. The summed E-state index contributed by atoms with van der Waals surface area (Å²) in [5.41, 5.74) is 0.970. The lowest BCUT2D eigenvalue weighted by Gasteiger charge is -2.38. The van der Waals surface area contributed by atoms with Gasteiger partial charge in [0, 0.05) is 17.6 Å². The number of carbonyl (C=O) groups is 1. The summed E-state index contributed by atoms with van der Waals surface area (Å²) in [6.45, 7) is 6.72. The number of pyridine rings is 1. The molecule has 0 saturated heterocycles. The lowest BCUT2D eigenvalue weighted by Crippen LogP contribution is -2.35. The Kier molecular flexibility index (Phi) is 4.90. The Bertz CT molecular complexity index is 1210. The van der Waals surface area contributed by atoms with Crippen LogP contribution < -0.4 is 10.2 Å². The van der Waals surface area contributed by atoms with Gasteiger partial charge in [-0.1, -0.05) is 32.9 Å². The quantitative estimate of drug-likeness (QED) is 0.639. The number of benzene rings is 1. The maximum atomic E-state index is 12.5. The molecule has 9 heteroatoms. The number of nitrogens with zero attached hydrogens (tertiary/aromatic N) is 3. The van der Waals surface area contributed by atoms with Crippen LogP contribution in [-0.2, 0) is 17.7 Å². The summed E-state index contributed by atoms with van der Waals surface area (Å²) in [6.07, 6.45) is 3.01. The van der Waals surface area contributed by atoms with Gasteiger partial charge in [0.25, 0.3) is 0 Å². The molecule has 0 saturated carbocycles. The van der Waals surface area contributed by atoms with Crippen molar-refractivity contribution in [2.45, 2.75) is 33.4 Å². The first-order valence-electron chi connectivity index (χ1n) is 9.50. The zero-order valence-corrected chi connectivity index (χ0v) is 18.0. The largest absolute Gasteiger partial charge is 0.614 e. The van der Waals surface area contributed by atoms with Crippen molar-refractivity contribution < 1.29 is 19.2 Å². The third kappa shape index (κ3) is 3.37. The topological polar surface area (TPSA) is 109 Å². The highest BCUT2D eigenvalue weighted by Crippen LogP contribution is 2.43. The molecule has 1 aliphatic rings. The average Bonchev–Trinajstić information content (AvgIpc) is 3.03. The van der Waals surface area contributed by atoms with E-state index in [2.05, 4.69) is 20.8 Å². The van der Waals surface area contributed by atoms with Crippen LogP contribution in [0.25, 0.3) is 22.3 Å². The molecular weight excluding hydrogens is 406 g/mol. The molecule has 30 heavy (non-hydrogen) atoms. The lowest BCUT2D eigenvalue weighted by molar-refractivity contribution is 0.0693. The van der Waals surface area contributed by atoms with Gasteiger partial charge in [-0.3, -0.25) is 9.48 Å². The summed E-state index contributed by atoms with van der Waals surface area (Å²) < 4.78 is 20.9. The van der Waals surface area contributed by atoms with Gasteiger partial charge in [0.2, 0.25) is 5.94 Å². The Balaban J connectivity index is 1.98. The van der Waals surface area contributed by atoms with Crippen molar-refractivity contribution in [3.63, 3.8) is 0 Å². The summed E-state index contributed by atoms with van der Waals surface area (Å²) >= 11 is -1.12. The van der Waals surface area contributed by atoms with Crippen LogP contribution >= 0.6 is 0 Å². The van der Waals surface area contributed by atoms with Crippen molar-refractivity contribution in [3.8, 4) is 17.1 Å². The van der Waals surface area contributed by atoms with Crippen LogP contribution in [-0.4, -0.2) is 42.2 Å². The molecule has 158 valence electrons. The standard InChI is InChI=1S/C21H23N3O5S/c1-21(2,3)17-10-24-19(14-8-15(25)13(20(26)27)9-23(14)17)12-6-5-7-16(18(12)22-24)29-11-30(4)28/h5-9,17H,10-11H2,1-4H3,(H,26,27). The van der Waals surface area contributed by atoms with Crippen molar-refractivity contribution >= 4 is 28.0 Å². The van der Waals surface area contributed by atoms with E-state index in [1.54, 1.807) is 12.3 Å². The highest BCUT2D eigenvalue weighted by Gasteiger charge is 2.35. The third-order valence-electron chi connectivity index (χ3n) is 5.35. The van der Waals surface area contributed by atoms with Gasteiger partial charge < -0.3 is 19.0 Å². The van der Waals surface area contributed by atoms with Gasteiger partial charge >= 0.3 is 5.97 Å². The number of aromatic carboxylic acids is 1. The van der Waals surface area contributed by atoms with Gasteiger partial charge in [0.15, 0.2) is 11.2 Å². The minimum Gasteiger partial charge on any atom is -0.614 e. The molecule has 1 N–H and O–H groups in total. The maximum absolute atomic E-state index is 12.5. The lowest BCUT2D eigenvalue weighted by atomic mass is 9.85. The van der Waals surface area contributed by atoms with Crippen molar-refractivity contribution in [2.24, 2.45) is 5.41 Å². The predicted molar refractivity (Wildman–Crippen MR) is 114 cm³/mol. The van der Waals surface area contributed by atoms with E-state index in [1.165, 1.54) is 12.3 Å². The van der Waals surface area contributed by atoms with Gasteiger partial charge in [-0.05, 0) is 22.7 Å². The van der Waals surface area contributed by atoms with Gasteiger partial charge in [-0.15, -0.1) is 0 Å². The Morgan fingerprint density at radius 1 is 1.40 bits per heavy atom. The highest BCUT2D eigenvalue weighted by atomic mass is 32.2. The van der Waals surface area contributed by atoms with E-state index in [0.717, 1.165) is 11.1 Å². The Labute approximate surface area is 176 Å². The fourth-order valence-electron chi connectivity index (χ4n) is 3.89. The minimum absolute atomic E-state index is 0.0595. The van der Waals surface area contributed by atoms with Crippen molar-refractivity contribution in [1.82, 2.24) is 14.3 Å². The average molecular weight is 429 g/mol. The summed E-state index contributed by atoms with van der Waals surface area (Å²) in [5, 5.41) is 15.0. The van der Waals surface area contributed by atoms with Gasteiger partial charge in [0.05, 0.1) is 30.2 Å². The summed E-state index contributed by atoms with van der Waals surface area (Å²) in [6, 6.07) is 6.75. The Hall–Kier alpha value is -2.78. The smallest absolute Gasteiger partial charge is 0.341 e. The van der Waals surface area contributed by atoms with Crippen LogP contribution in [0.4, 0.5) is 0 Å². The van der Waals surface area contributed by atoms with Gasteiger partial charge in [0.1, 0.15) is 11.1 Å². The predicted octanol–water partition coefficient (Wildman–Crippen LogP) is 2.88. The van der Waals surface area contributed by atoms with Crippen molar-refractivity contribution in [3.05, 3.63) is 46.2 Å². The molecule has 0 aliphatic carbocycles. The fourth-order valence-corrected chi connectivity index (χ4v) is 4.19. The van der Waals surface area contributed by atoms with Crippen LogP contribution in [0, 0.1) is 5.41 Å². The molecule has 3 heterocycles. The zero-order chi connectivity index (χ0) is 21.8. The van der Waals surface area contributed by atoms with Crippen molar-refractivity contribution in [1.29, 1.82) is 0 Å². The second-order valence-corrected chi connectivity index (χ2v) is 9.93. The second-order valence-electron chi connectivity index (χ2n) is 8.55. The molecule has 2 aromatic heterocycles. The van der Waals surface area contributed by atoms with E-state index >= 15 is 0 Å². The molecule has 2 atom stereocenters. The number of rotatable bonds is 4. The molecule has 0 radical (unpaired) electrons. The molecule has 0 fully saturated rings. The molecule has 0 bridgehead atoms. The van der Waals surface area contributed by atoms with Crippen LogP contribution in [0.5, 0.6) is 5.75 Å². The fraction of sp³-hybridized carbons (Fsp3) is 0.381. The van der Waals surface area contributed by atoms with Gasteiger partial charge in [-0.2, -0.15) is 5.10 Å². The molecule has 1 aliphatic heterocycles. The summed E-state index contributed by atoms with van der Waals surface area (Å²) in [5.74, 6) is -0.660. The molecule has 1 aromatic carbocycles. The number of aromatic nitrogens is 3. The minimum atomic E-state index is -1.24. The van der Waals surface area contributed by atoms with E-state index in [1.807, 2.05) is 21.4 Å². The van der Waals surface area contributed by atoms with E-state index < -0.39 is 22.6 Å². The number of hydrogen-bond donors (Lipinski definition) is 1. The van der Waals surface area contributed by atoms with E-state index in [-0.39, 0.29) is 23.0 Å². The summed E-state index contributed by atoms with van der Waals surface area (Å²) in [7, 11) is 0. The SMILES string of the molecule is C[S+]([O-])COc1cccc2c3n(nc12)CC(C(C)(C)C)n1cc(C(=O)O)c(=O)cc1-3. The molecule has 2 unspecified atom stereocenters. The molecule has 0 amide bonds. The molecule has 8 nitrogen and oxygen atoms in total. The highest BCUT2D eigenvalue weighted by molar-refractivity contribution is 7.90. The normalized spacial score (nSPS) is 16.8. The first-order valence-corrected chi connectivity index (χ1v) is 11.2. The molecule has 3 aromatic rings. The second kappa shape index (κ2) is 7.17. The first-order chi connectivity index (χ1) is 14.1. The Morgan fingerprint density at radius 3 is 2.77 bits per heavy atom. The van der Waals surface area contributed by atoms with E-state index in [9.17, 15) is 19.2 Å². The van der Waals surface area contributed by atoms with Crippen LogP contribution in [0.3, 0.4) is 0 Å². The number of carboxylic acid groups (broad SMARTS) is 1. The molecular formula is C21H23N3O5S. The number of hydrogen-bond acceptors (Lipinski definition) is 5. The molecule has 4 rings (SSSR count).